The third-order valence-corrected chi connectivity index (χ3v) is 4.13. The zero-order valence-corrected chi connectivity index (χ0v) is 13.1. The summed E-state index contributed by atoms with van der Waals surface area (Å²) >= 11 is 0. The number of rotatable bonds is 6. The van der Waals surface area contributed by atoms with Gasteiger partial charge >= 0.3 is 0 Å². The molecule has 1 aliphatic heterocycles. The predicted octanol–water partition coefficient (Wildman–Crippen LogP) is 3.36. The maximum absolute atomic E-state index is 5.91. The average molecular weight is 276 g/mol. The van der Waals surface area contributed by atoms with Gasteiger partial charge in [0.1, 0.15) is 0 Å². The van der Waals surface area contributed by atoms with Gasteiger partial charge in [0.2, 0.25) is 0 Å². The maximum Gasteiger partial charge on any atom is 0.0750 e. The van der Waals surface area contributed by atoms with Gasteiger partial charge in [0.25, 0.3) is 0 Å². The molecule has 0 spiro atoms. The van der Waals surface area contributed by atoms with E-state index in [-0.39, 0.29) is 0 Å². The first-order chi connectivity index (χ1) is 9.74. The van der Waals surface area contributed by atoms with Crippen LogP contribution in [0.4, 0.5) is 5.69 Å². The molecule has 0 saturated carbocycles. The summed E-state index contributed by atoms with van der Waals surface area (Å²) in [6.45, 7) is 7.41. The largest absolute Gasteiger partial charge is 0.376 e. The Bertz CT molecular complexity index is 390. The SMILES string of the molecule is CCCOC1CCCN(c2ccc(C(C)NC)cc2)C1. The summed E-state index contributed by atoms with van der Waals surface area (Å²) in [6, 6.07) is 9.35. The van der Waals surface area contributed by atoms with Crippen molar-refractivity contribution in [3.05, 3.63) is 29.8 Å². The van der Waals surface area contributed by atoms with Gasteiger partial charge in [0.15, 0.2) is 0 Å². The van der Waals surface area contributed by atoms with Crippen molar-refractivity contribution in [2.75, 3.05) is 31.6 Å². The molecule has 0 radical (unpaired) electrons. The minimum Gasteiger partial charge on any atom is -0.376 e. The molecule has 1 aliphatic rings. The minimum absolute atomic E-state index is 0.402. The second-order valence-corrected chi connectivity index (χ2v) is 5.68. The lowest BCUT2D eigenvalue weighted by Gasteiger charge is -2.34. The highest BCUT2D eigenvalue weighted by molar-refractivity contribution is 5.48. The van der Waals surface area contributed by atoms with Crippen LogP contribution in [0.2, 0.25) is 0 Å². The van der Waals surface area contributed by atoms with Crippen LogP contribution >= 0.6 is 0 Å². The van der Waals surface area contributed by atoms with Crippen LogP contribution in [0.15, 0.2) is 24.3 Å². The highest BCUT2D eigenvalue weighted by atomic mass is 16.5. The van der Waals surface area contributed by atoms with E-state index in [1.54, 1.807) is 0 Å². The second kappa shape index (κ2) is 7.65. The van der Waals surface area contributed by atoms with Crippen molar-refractivity contribution in [3.8, 4) is 0 Å². The fourth-order valence-corrected chi connectivity index (χ4v) is 2.73. The van der Waals surface area contributed by atoms with Gasteiger partial charge in [-0.25, -0.2) is 0 Å². The van der Waals surface area contributed by atoms with Gasteiger partial charge in [-0.3, -0.25) is 0 Å². The standard InChI is InChI=1S/C17H28N2O/c1-4-12-20-17-6-5-11-19(13-17)16-9-7-15(8-10-16)14(2)18-3/h7-10,14,17-18H,4-6,11-13H2,1-3H3. The third-order valence-electron chi connectivity index (χ3n) is 4.13. The molecular formula is C17H28N2O. The average Bonchev–Trinajstić information content (AvgIpc) is 2.52. The Morgan fingerprint density at radius 3 is 2.75 bits per heavy atom. The van der Waals surface area contributed by atoms with Gasteiger partial charge in [-0.05, 0) is 50.9 Å². The number of benzene rings is 1. The van der Waals surface area contributed by atoms with Crippen molar-refractivity contribution in [2.24, 2.45) is 0 Å². The van der Waals surface area contributed by atoms with Crippen LogP contribution in [-0.2, 0) is 4.74 Å². The fourth-order valence-electron chi connectivity index (χ4n) is 2.73. The molecule has 0 amide bonds. The molecule has 2 unspecified atom stereocenters. The lowest BCUT2D eigenvalue weighted by atomic mass is 10.0. The van der Waals surface area contributed by atoms with Crippen molar-refractivity contribution >= 4 is 5.69 Å². The summed E-state index contributed by atoms with van der Waals surface area (Å²) in [4.78, 5) is 2.46. The van der Waals surface area contributed by atoms with Gasteiger partial charge < -0.3 is 15.0 Å². The Balaban J connectivity index is 1.96. The lowest BCUT2D eigenvalue weighted by molar-refractivity contribution is 0.0440. The van der Waals surface area contributed by atoms with Crippen LogP contribution in [0, 0.1) is 0 Å². The van der Waals surface area contributed by atoms with Crippen molar-refractivity contribution in [3.63, 3.8) is 0 Å². The number of hydrogen-bond donors (Lipinski definition) is 1. The zero-order chi connectivity index (χ0) is 14.4. The van der Waals surface area contributed by atoms with Crippen LogP contribution in [0.25, 0.3) is 0 Å². The zero-order valence-electron chi connectivity index (χ0n) is 13.1. The van der Waals surface area contributed by atoms with E-state index in [0.717, 1.165) is 26.1 Å². The maximum atomic E-state index is 5.91. The van der Waals surface area contributed by atoms with Crippen LogP contribution in [-0.4, -0.2) is 32.8 Å². The predicted molar refractivity (Wildman–Crippen MR) is 85.4 cm³/mol. The van der Waals surface area contributed by atoms with Crippen LogP contribution in [0.1, 0.15) is 44.7 Å². The Labute approximate surface area is 123 Å². The van der Waals surface area contributed by atoms with Gasteiger partial charge in [-0.15, -0.1) is 0 Å². The summed E-state index contributed by atoms with van der Waals surface area (Å²) in [5, 5.41) is 3.28. The number of ether oxygens (including phenoxy) is 1. The molecule has 0 aromatic heterocycles. The molecule has 1 aromatic carbocycles. The van der Waals surface area contributed by atoms with Crippen LogP contribution in [0.5, 0.6) is 0 Å². The number of hydrogen-bond acceptors (Lipinski definition) is 3. The number of piperidine rings is 1. The molecule has 1 saturated heterocycles. The molecule has 20 heavy (non-hydrogen) atoms. The first-order valence-electron chi connectivity index (χ1n) is 7.88. The van der Waals surface area contributed by atoms with E-state index in [4.69, 9.17) is 4.74 Å². The van der Waals surface area contributed by atoms with Crippen molar-refractivity contribution in [2.45, 2.75) is 45.3 Å². The van der Waals surface area contributed by atoms with E-state index in [1.807, 2.05) is 7.05 Å². The topological polar surface area (TPSA) is 24.5 Å². The Kier molecular flexibility index (Phi) is 5.86. The Hall–Kier alpha value is -1.06. The second-order valence-electron chi connectivity index (χ2n) is 5.68. The number of nitrogens with zero attached hydrogens (tertiary/aromatic N) is 1. The van der Waals surface area contributed by atoms with Crippen LogP contribution in [0.3, 0.4) is 0 Å². The summed E-state index contributed by atoms with van der Waals surface area (Å²) in [7, 11) is 2.00. The molecule has 1 heterocycles. The summed E-state index contributed by atoms with van der Waals surface area (Å²) in [5.41, 5.74) is 2.66. The van der Waals surface area contributed by atoms with Crippen molar-refractivity contribution in [1.82, 2.24) is 5.32 Å². The van der Waals surface area contributed by atoms with E-state index in [2.05, 4.69) is 48.3 Å². The Morgan fingerprint density at radius 2 is 2.10 bits per heavy atom. The van der Waals surface area contributed by atoms with Crippen LogP contribution < -0.4 is 10.2 Å². The van der Waals surface area contributed by atoms with Crippen molar-refractivity contribution in [1.29, 1.82) is 0 Å². The molecule has 2 atom stereocenters. The van der Waals surface area contributed by atoms with Gasteiger partial charge in [-0.2, -0.15) is 0 Å². The fraction of sp³-hybridized carbons (Fsp3) is 0.647. The van der Waals surface area contributed by atoms with E-state index in [1.165, 1.54) is 24.1 Å². The van der Waals surface area contributed by atoms with E-state index in [9.17, 15) is 0 Å². The monoisotopic (exact) mass is 276 g/mol. The van der Waals surface area contributed by atoms with Gasteiger partial charge in [0, 0.05) is 31.4 Å². The van der Waals surface area contributed by atoms with Gasteiger partial charge in [-0.1, -0.05) is 19.1 Å². The van der Waals surface area contributed by atoms with Gasteiger partial charge in [0.05, 0.1) is 6.10 Å². The molecule has 0 bridgehead atoms. The third kappa shape index (κ3) is 3.97. The molecule has 112 valence electrons. The molecule has 1 fully saturated rings. The smallest absolute Gasteiger partial charge is 0.0750 e. The molecule has 1 N–H and O–H groups in total. The highest BCUT2D eigenvalue weighted by Gasteiger charge is 2.20. The Morgan fingerprint density at radius 1 is 1.35 bits per heavy atom. The first-order valence-corrected chi connectivity index (χ1v) is 7.88. The molecule has 0 aliphatic carbocycles. The number of nitrogens with one attached hydrogen (secondary N) is 1. The van der Waals surface area contributed by atoms with Crippen molar-refractivity contribution < 1.29 is 4.74 Å². The molecule has 3 nitrogen and oxygen atoms in total. The summed E-state index contributed by atoms with van der Waals surface area (Å²) in [6.07, 6.45) is 3.93. The highest BCUT2D eigenvalue weighted by Crippen LogP contribution is 2.23. The molecule has 2 rings (SSSR count). The molecule has 3 heteroatoms. The lowest BCUT2D eigenvalue weighted by Crippen LogP contribution is -2.39. The van der Waals surface area contributed by atoms with E-state index >= 15 is 0 Å². The first kappa shape index (κ1) is 15.3. The van der Waals surface area contributed by atoms with E-state index < -0.39 is 0 Å². The normalized spacial score (nSPS) is 20.9. The summed E-state index contributed by atoms with van der Waals surface area (Å²) in [5.74, 6) is 0. The molecule has 1 aromatic rings. The molecular weight excluding hydrogens is 248 g/mol. The minimum atomic E-state index is 0.402. The quantitative estimate of drug-likeness (QED) is 0.862. The summed E-state index contributed by atoms with van der Waals surface area (Å²) < 4.78 is 5.91. The van der Waals surface area contributed by atoms with E-state index in [0.29, 0.717) is 12.1 Å². The number of anilines is 1.